The molecule has 1 amide bonds. The number of halogens is 3. The summed E-state index contributed by atoms with van der Waals surface area (Å²) in [4.78, 5) is 11.1. The number of carbonyl (C=O) groups is 1. The number of nitrogens with zero attached hydrogens (tertiary/aromatic N) is 2. The number of nitrogens with one attached hydrogen (secondary N) is 1. The molecular weight excluding hydrogens is 235 g/mol. The van der Waals surface area contributed by atoms with Crippen LogP contribution < -0.4 is 5.32 Å². The van der Waals surface area contributed by atoms with Crippen molar-refractivity contribution in [2.24, 2.45) is 0 Å². The zero-order valence-corrected chi connectivity index (χ0v) is 9.42. The molecule has 1 heterocycles. The molecule has 0 fully saturated rings. The van der Waals surface area contributed by atoms with Crippen LogP contribution >= 0.6 is 0 Å². The van der Waals surface area contributed by atoms with Gasteiger partial charge < -0.3 is 5.32 Å². The first-order chi connectivity index (χ1) is 7.93. The van der Waals surface area contributed by atoms with Gasteiger partial charge in [0.2, 0.25) is 5.91 Å². The van der Waals surface area contributed by atoms with Crippen LogP contribution in [0.4, 0.5) is 13.2 Å². The van der Waals surface area contributed by atoms with Crippen molar-refractivity contribution in [3.8, 4) is 0 Å². The lowest BCUT2D eigenvalue weighted by Crippen LogP contribution is -2.27. The van der Waals surface area contributed by atoms with Gasteiger partial charge in [0.1, 0.15) is 0 Å². The average Bonchev–Trinajstić information content (AvgIpc) is 2.66. The van der Waals surface area contributed by atoms with E-state index in [1.807, 2.05) is 6.92 Å². The second kappa shape index (κ2) is 5.70. The van der Waals surface area contributed by atoms with Crippen molar-refractivity contribution < 1.29 is 18.0 Å². The highest BCUT2D eigenvalue weighted by molar-refractivity contribution is 5.75. The molecule has 4 nitrogen and oxygen atoms in total. The van der Waals surface area contributed by atoms with Crippen LogP contribution in [0.2, 0.25) is 0 Å². The Labute approximate surface area is 96.8 Å². The molecular formula is C10H14F3N3O. The lowest BCUT2D eigenvalue weighted by molar-refractivity contribution is -0.141. The van der Waals surface area contributed by atoms with E-state index >= 15 is 0 Å². The molecule has 0 atom stereocenters. The Morgan fingerprint density at radius 2 is 2.24 bits per heavy atom. The van der Waals surface area contributed by atoms with Gasteiger partial charge in [-0.15, -0.1) is 0 Å². The predicted octanol–water partition coefficient (Wildman–Crippen LogP) is 1.82. The summed E-state index contributed by atoms with van der Waals surface area (Å²) in [5.74, 6) is -0.101. The maximum atomic E-state index is 12.2. The normalized spacial score (nSPS) is 11.5. The number of rotatable bonds is 5. The highest BCUT2D eigenvalue weighted by Crippen LogP contribution is 2.27. The van der Waals surface area contributed by atoms with Gasteiger partial charge in [-0.2, -0.15) is 18.3 Å². The van der Waals surface area contributed by atoms with Crippen molar-refractivity contribution in [1.82, 2.24) is 15.1 Å². The molecule has 1 rings (SSSR count). The largest absolute Gasteiger partial charge is 0.435 e. The van der Waals surface area contributed by atoms with E-state index in [-0.39, 0.29) is 19.0 Å². The zero-order chi connectivity index (χ0) is 12.9. The highest BCUT2D eigenvalue weighted by Gasteiger charge is 2.33. The second-order valence-electron chi connectivity index (χ2n) is 3.56. The first-order valence-corrected chi connectivity index (χ1v) is 5.31. The van der Waals surface area contributed by atoms with Crippen molar-refractivity contribution in [3.05, 3.63) is 18.0 Å². The Morgan fingerprint density at radius 3 is 2.76 bits per heavy atom. The van der Waals surface area contributed by atoms with Gasteiger partial charge in [0.15, 0.2) is 5.69 Å². The summed E-state index contributed by atoms with van der Waals surface area (Å²) in [6, 6.07) is 0.911. The number of amides is 1. The summed E-state index contributed by atoms with van der Waals surface area (Å²) in [5.41, 5.74) is -0.919. The van der Waals surface area contributed by atoms with Gasteiger partial charge in [0, 0.05) is 19.2 Å². The molecule has 17 heavy (non-hydrogen) atoms. The lowest BCUT2D eigenvalue weighted by atomic mass is 10.3. The minimum absolute atomic E-state index is 0.101. The van der Waals surface area contributed by atoms with Gasteiger partial charge >= 0.3 is 6.18 Å². The quantitative estimate of drug-likeness (QED) is 0.865. The summed E-state index contributed by atoms with van der Waals surface area (Å²) in [7, 11) is 0. The molecule has 7 heteroatoms. The first-order valence-electron chi connectivity index (χ1n) is 5.31. The molecule has 0 bridgehead atoms. The van der Waals surface area contributed by atoms with Gasteiger partial charge in [0.05, 0.1) is 6.54 Å². The van der Waals surface area contributed by atoms with Crippen molar-refractivity contribution in [1.29, 1.82) is 0 Å². The van der Waals surface area contributed by atoms with Crippen LogP contribution in [0.25, 0.3) is 0 Å². The fourth-order valence-electron chi connectivity index (χ4n) is 1.26. The van der Waals surface area contributed by atoms with E-state index in [1.165, 1.54) is 6.20 Å². The topological polar surface area (TPSA) is 46.9 Å². The van der Waals surface area contributed by atoms with Crippen LogP contribution in [0.3, 0.4) is 0 Å². The van der Waals surface area contributed by atoms with Gasteiger partial charge in [-0.3, -0.25) is 9.48 Å². The molecule has 0 saturated carbocycles. The Hall–Kier alpha value is -1.53. The van der Waals surface area contributed by atoms with E-state index in [0.29, 0.717) is 6.42 Å². The number of hydrogen-bond donors (Lipinski definition) is 1. The van der Waals surface area contributed by atoms with Crippen molar-refractivity contribution >= 4 is 5.91 Å². The third-order valence-electron chi connectivity index (χ3n) is 2.07. The van der Waals surface area contributed by atoms with Crippen LogP contribution in [0.1, 0.15) is 25.5 Å². The SMILES string of the molecule is CCCC(=O)NCCn1ccc(C(F)(F)F)n1. The van der Waals surface area contributed by atoms with E-state index in [9.17, 15) is 18.0 Å². The van der Waals surface area contributed by atoms with Gasteiger partial charge in [-0.1, -0.05) is 6.92 Å². The minimum Gasteiger partial charge on any atom is -0.354 e. The summed E-state index contributed by atoms with van der Waals surface area (Å²) in [6.07, 6.45) is -2.01. The highest BCUT2D eigenvalue weighted by atomic mass is 19.4. The summed E-state index contributed by atoms with van der Waals surface area (Å²) < 4.78 is 37.8. The Balaban J connectivity index is 2.38. The van der Waals surface area contributed by atoms with E-state index in [4.69, 9.17) is 0 Å². The Morgan fingerprint density at radius 1 is 1.53 bits per heavy atom. The second-order valence-corrected chi connectivity index (χ2v) is 3.56. The average molecular weight is 249 g/mol. The van der Waals surface area contributed by atoms with Gasteiger partial charge in [-0.05, 0) is 12.5 Å². The third-order valence-corrected chi connectivity index (χ3v) is 2.07. The molecule has 0 aliphatic heterocycles. The van der Waals surface area contributed by atoms with Crippen LogP contribution in [0.5, 0.6) is 0 Å². The van der Waals surface area contributed by atoms with E-state index in [1.54, 1.807) is 0 Å². The summed E-state index contributed by atoms with van der Waals surface area (Å²) >= 11 is 0. The first kappa shape index (κ1) is 13.5. The van der Waals surface area contributed by atoms with E-state index < -0.39 is 11.9 Å². The molecule has 1 N–H and O–H groups in total. The zero-order valence-electron chi connectivity index (χ0n) is 9.42. The fraction of sp³-hybridized carbons (Fsp3) is 0.600. The molecule has 0 unspecified atom stereocenters. The Bertz CT molecular complexity index is 373. The van der Waals surface area contributed by atoms with Crippen LogP contribution in [0, 0.1) is 0 Å². The molecule has 0 saturated heterocycles. The molecule has 1 aromatic heterocycles. The molecule has 0 aliphatic rings. The van der Waals surface area contributed by atoms with Crippen LogP contribution in [0.15, 0.2) is 12.3 Å². The smallest absolute Gasteiger partial charge is 0.354 e. The number of hydrogen-bond acceptors (Lipinski definition) is 2. The predicted molar refractivity (Wildman–Crippen MR) is 55.1 cm³/mol. The van der Waals surface area contributed by atoms with Crippen LogP contribution in [-0.4, -0.2) is 22.2 Å². The maximum Gasteiger partial charge on any atom is 0.435 e. The van der Waals surface area contributed by atoms with Crippen LogP contribution in [-0.2, 0) is 17.5 Å². The van der Waals surface area contributed by atoms with E-state index in [2.05, 4.69) is 10.4 Å². The maximum absolute atomic E-state index is 12.2. The molecule has 1 aromatic rings. The van der Waals surface area contributed by atoms with Crippen molar-refractivity contribution in [2.75, 3.05) is 6.54 Å². The van der Waals surface area contributed by atoms with Gasteiger partial charge in [0.25, 0.3) is 0 Å². The standard InChI is InChI=1S/C10H14F3N3O/c1-2-3-9(17)14-5-7-16-6-4-8(15-16)10(11,12)13/h4,6H,2-3,5,7H2,1H3,(H,14,17). The summed E-state index contributed by atoms with van der Waals surface area (Å²) in [5, 5.41) is 5.96. The fourth-order valence-corrected chi connectivity index (χ4v) is 1.26. The number of carbonyl (C=O) groups excluding carboxylic acids is 1. The third kappa shape index (κ3) is 4.46. The molecule has 0 spiro atoms. The lowest BCUT2D eigenvalue weighted by Gasteiger charge is -2.05. The molecule has 0 radical (unpaired) electrons. The van der Waals surface area contributed by atoms with Gasteiger partial charge in [-0.25, -0.2) is 0 Å². The van der Waals surface area contributed by atoms with Crippen molar-refractivity contribution in [3.63, 3.8) is 0 Å². The minimum atomic E-state index is -4.42. The monoisotopic (exact) mass is 249 g/mol. The molecule has 0 aromatic carbocycles. The molecule has 0 aliphatic carbocycles. The molecule has 96 valence electrons. The Kier molecular flexibility index (Phi) is 4.53. The van der Waals surface area contributed by atoms with E-state index in [0.717, 1.165) is 17.2 Å². The number of alkyl halides is 3. The number of aromatic nitrogens is 2. The summed E-state index contributed by atoms with van der Waals surface area (Å²) in [6.45, 7) is 2.38. The van der Waals surface area contributed by atoms with Crippen molar-refractivity contribution in [2.45, 2.75) is 32.5 Å².